The van der Waals surface area contributed by atoms with Crippen molar-refractivity contribution in [3.8, 4) is 5.75 Å². The van der Waals surface area contributed by atoms with Crippen LogP contribution in [0.25, 0.3) is 0 Å². The van der Waals surface area contributed by atoms with Gasteiger partial charge in [-0.1, -0.05) is 69.2 Å². The highest BCUT2D eigenvalue weighted by Crippen LogP contribution is 2.21. The van der Waals surface area contributed by atoms with Gasteiger partial charge in [0.05, 0.1) is 6.21 Å². The number of unbranched alkanes of at least 4 members (excludes halogenated alkanes) is 2. The quantitative estimate of drug-likeness (QED) is 0.237. The molecule has 0 bridgehead atoms. The van der Waals surface area contributed by atoms with Crippen LogP contribution in [-0.4, -0.2) is 30.8 Å². The number of para-hydroxylation sites is 1. The highest BCUT2D eigenvalue weighted by molar-refractivity contribution is 5.92. The van der Waals surface area contributed by atoms with Crippen molar-refractivity contribution in [3.05, 3.63) is 65.7 Å². The Morgan fingerprint density at radius 2 is 1.77 bits per heavy atom. The van der Waals surface area contributed by atoms with Crippen molar-refractivity contribution in [1.82, 2.24) is 5.43 Å². The average molecular weight is 411 g/mol. The lowest BCUT2D eigenvalue weighted by Crippen LogP contribution is -2.25. The maximum absolute atomic E-state index is 12.6. The predicted octanol–water partition coefficient (Wildman–Crippen LogP) is 4.73. The Morgan fingerprint density at radius 1 is 1.03 bits per heavy atom. The molecule has 0 aliphatic rings. The molecule has 1 N–H and O–H groups in total. The summed E-state index contributed by atoms with van der Waals surface area (Å²) >= 11 is 0. The van der Waals surface area contributed by atoms with E-state index in [4.69, 9.17) is 9.47 Å². The number of carbonyl (C=O) groups excluding carboxylic acids is 2. The minimum atomic E-state index is -0.434. The predicted molar refractivity (Wildman–Crippen MR) is 118 cm³/mol. The molecule has 2 aromatic carbocycles. The normalized spacial score (nSPS) is 11.8. The molecule has 0 heterocycles. The average Bonchev–Trinajstić information content (AvgIpc) is 2.78. The number of esters is 1. The molecule has 0 fully saturated rings. The summed E-state index contributed by atoms with van der Waals surface area (Å²) in [6.45, 7) is 3.89. The van der Waals surface area contributed by atoms with Gasteiger partial charge >= 0.3 is 5.97 Å². The number of benzene rings is 2. The monoisotopic (exact) mass is 410 g/mol. The zero-order chi connectivity index (χ0) is 21.6. The van der Waals surface area contributed by atoms with Gasteiger partial charge in [-0.25, -0.2) is 10.2 Å². The molecule has 2 aromatic rings. The van der Waals surface area contributed by atoms with Gasteiger partial charge in [-0.15, -0.1) is 0 Å². The van der Waals surface area contributed by atoms with E-state index in [0.717, 1.165) is 37.7 Å². The fraction of sp³-hybridized carbons (Fsp3) is 0.375. The van der Waals surface area contributed by atoms with Crippen LogP contribution in [0.4, 0.5) is 0 Å². The fourth-order valence-corrected chi connectivity index (χ4v) is 2.84. The highest BCUT2D eigenvalue weighted by Gasteiger charge is 2.18. The van der Waals surface area contributed by atoms with E-state index in [1.165, 1.54) is 0 Å². The lowest BCUT2D eigenvalue weighted by atomic mass is 10.1. The smallest absolute Gasteiger partial charge is 0.342 e. The Hall–Kier alpha value is -3.15. The molecule has 30 heavy (non-hydrogen) atoms. The molecular weight excluding hydrogens is 380 g/mol. The number of hydrogen-bond acceptors (Lipinski definition) is 5. The van der Waals surface area contributed by atoms with Gasteiger partial charge in [-0.05, 0) is 37.0 Å². The third kappa shape index (κ3) is 8.07. The van der Waals surface area contributed by atoms with Crippen LogP contribution >= 0.6 is 0 Å². The standard InChI is InChI=1S/C24H30N2O4/c1-3-5-7-14-20(4-2)30-24(28)21-15-10-11-16-22(21)29-18-23(27)26-25-17-19-12-8-6-9-13-19/h6,8-13,15-17,20H,3-5,7,14,18H2,1-2H3,(H,26,27). The molecule has 2 rings (SSSR count). The molecule has 0 saturated heterocycles. The number of hydrogen-bond donors (Lipinski definition) is 1. The van der Waals surface area contributed by atoms with Crippen LogP contribution < -0.4 is 10.2 Å². The largest absolute Gasteiger partial charge is 0.483 e. The number of nitrogens with one attached hydrogen (secondary N) is 1. The van der Waals surface area contributed by atoms with Crippen molar-refractivity contribution in [2.75, 3.05) is 6.61 Å². The van der Waals surface area contributed by atoms with Gasteiger partial charge in [0.25, 0.3) is 5.91 Å². The first kappa shape index (κ1) is 23.1. The summed E-state index contributed by atoms with van der Waals surface area (Å²) in [7, 11) is 0. The molecule has 0 aliphatic heterocycles. The Labute approximate surface area is 178 Å². The van der Waals surface area contributed by atoms with Crippen molar-refractivity contribution < 1.29 is 19.1 Å². The zero-order valence-corrected chi connectivity index (χ0v) is 17.7. The van der Waals surface area contributed by atoms with Gasteiger partial charge in [-0.2, -0.15) is 5.10 Å². The summed E-state index contributed by atoms with van der Waals surface area (Å²) in [6.07, 6.45) is 6.32. The first-order valence-electron chi connectivity index (χ1n) is 10.4. The summed E-state index contributed by atoms with van der Waals surface area (Å²) in [5, 5.41) is 3.90. The Kier molecular flexibility index (Phi) is 10.1. The van der Waals surface area contributed by atoms with Crippen LogP contribution in [0.15, 0.2) is 59.7 Å². The first-order chi connectivity index (χ1) is 14.6. The van der Waals surface area contributed by atoms with Gasteiger partial charge in [-0.3, -0.25) is 4.79 Å². The Bertz CT molecular complexity index is 821. The van der Waals surface area contributed by atoms with Gasteiger partial charge < -0.3 is 9.47 Å². The molecule has 160 valence electrons. The molecule has 6 nitrogen and oxygen atoms in total. The topological polar surface area (TPSA) is 77.0 Å². The second-order valence-corrected chi connectivity index (χ2v) is 6.92. The summed E-state index contributed by atoms with van der Waals surface area (Å²) < 4.78 is 11.2. The van der Waals surface area contributed by atoms with Gasteiger partial charge in [0, 0.05) is 0 Å². The number of hydrazone groups is 1. The summed E-state index contributed by atoms with van der Waals surface area (Å²) in [4.78, 5) is 24.6. The van der Waals surface area contributed by atoms with Crippen molar-refractivity contribution in [2.45, 2.75) is 52.1 Å². The van der Waals surface area contributed by atoms with Crippen molar-refractivity contribution in [2.24, 2.45) is 5.10 Å². The minimum Gasteiger partial charge on any atom is -0.483 e. The van der Waals surface area contributed by atoms with Crippen molar-refractivity contribution in [3.63, 3.8) is 0 Å². The van der Waals surface area contributed by atoms with E-state index < -0.39 is 11.9 Å². The van der Waals surface area contributed by atoms with Crippen LogP contribution in [0.3, 0.4) is 0 Å². The molecule has 0 radical (unpaired) electrons. The number of nitrogens with zero attached hydrogens (tertiary/aromatic N) is 1. The minimum absolute atomic E-state index is 0.118. The molecule has 0 spiro atoms. The molecular formula is C24H30N2O4. The molecule has 6 heteroatoms. The molecule has 1 amide bonds. The first-order valence-corrected chi connectivity index (χ1v) is 10.4. The van der Waals surface area contributed by atoms with E-state index in [1.807, 2.05) is 37.3 Å². The molecule has 1 unspecified atom stereocenters. The van der Waals surface area contributed by atoms with Crippen LogP contribution in [0.5, 0.6) is 5.75 Å². The number of amides is 1. The summed E-state index contributed by atoms with van der Waals surface area (Å²) in [5.74, 6) is -0.541. The second-order valence-electron chi connectivity index (χ2n) is 6.92. The molecule has 1 atom stereocenters. The van der Waals surface area contributed by atoms with Gasteiger partial charge in [0.15, 0.2) is 6.61 Å². The fourth-order valence-electron chi connectivity index (χ4n) is 2.84. The van der Waals surface area contributed by atoms with Crippen LogP contribution in [0.1, 0.15) is 61.9 Å². The van der Waals surface area contributed by atoms with E-state index in [2.05, 4.69) is 17.5 Å². The molecule has 0 saturated carbocycles. The van der Waals surface area contributed by atoms with E-state index in [1.54, 1.807) is 30.5 Å². The third-order valence-corrected chi connectivity index (χ3v) is 4.53. The number of rotatable bonds is 12. The third-order valence-electron chi connectivity index (χ3n) is 4.53. The van der Waals surface area contributed by atoms with Crippen molar-refractivity contribution in [1.29, 1.82) is 0 Å². The van der Waals surface area contributed by atoms with Crippen LogP contribution in [0, 0.1) is 0 Å². The van der Waals surface area contributed by atoms with E-state index in [-0.39, 0.29) is 12.7 Å². The maximum Gasteiger partial charge on any atom is 0.342 e. The van der Waals surface area contributed by atoms with Crippen molar-refractivity contribution >= 4 is 18.1 Å². The van der Waals surface area contributed by atoms with E-state index in [0.29, 0.717) is 11.3 Å². The van der Waals surface area contributed by atoms with Gasteiger partial charge in [0.1, 0.15) is 17.4 Å². The SMILES string of the molecule is CCCCCC(CC)OC(=O)c1ccccc1OCC(=O)NN=Cc1ccccc1. The number of carbonyl (C=O) groups is 2. The molecule has 0 aliphatic carbocycles. The van der Waals surface area contributed by atoms with E-state index in [9.17, 15) is 9.59 Å². The number of ether oxygens (including phenoxy) is 2. The lowest BCUT2D eigenvalue weighted by Gasteiger charge is -2.17. The zero-order valence-electron chi connectivity index (χ0n) is 17.7. The van der Waals surface area contributed by atoms with Gasteiger partial charge in [0.2, 0.25) is 0 Å². The highest BCUT2D eigenvalue weighted by atomic mass is 16.5. The Morgan fingerprint density at radius 3 is 2.50 bits per heavy atom. The van der Waals surface area contributed by atoms with Crippen LogP contribution in [0.2, 0.25) is 0 Å². The summed E-state index contributed by atoms with van der Waals surface area (Å²) in [5.41, 5.74) is 3.59. The molecule has 0 aromatic heterocycles. The lowest BCUT2D eigenvalue weighted by molar-refractivity contribution is -0.123. The maximum atomic E-state index is 12.6. The van der Waals surface area contributed by atoms with Crippen LogP contribution in [-0.2, 0) is 9.53 Å². The van der Waals surface area contributed by atoms with E-state index >= 15 is 0 Å². The summed E-state index contributed by atoms with van der Waals surface area (Å²) in [6, 6.07) is 16.2. The second kappa shape index (κ2) is 13.1. The Balaban J connectivity index is 1.88.